The summed E-state index contributed by atoms with van der Waals surface area (Å²) in [6.45, 7) is 8.20. The lowest BCUT2D eigenvalue weighted by Crippen LogP contribution is -2.63. The van der Waals surface area contributed by atoms with Gasteiger partial charge in [0.25, 0.3) is 0 Å². The number of ketones is 2. The Kier molecular flexibility index (Phi) is 32.9. The number of amides is 6. The molecule has 520 valence electrons. The Morgan fingerprint density at radius 2 is 0.989 bits per heavy atom. The number of aromatic hydroxyl groups is 2. The van der Waals surface area contributed by atoms with Crippen molar-refractivity contribution in [1.82, 2.24) is 36.8 Å². The molecule has 95 heavy (non-hydrogen) atoms. The molecule has 0 heterocycles. The van der Waals surface area contributed by atoms with Gasteiger partial charge in [-0.3, -0.25) is 43.8 Å². The molecule has 0 saturated heterocycles. The quantitative estimate of drug-likeness (QED) is 0.0130. The van der Waals surface area contributed by atoms with Gasteiger partial charge >= 0.3 is 5.97 Å². The third-order valence-electron chi connectivity index (χ3n) is 16.8. The average molecular weight is 1320 g/mol. The van der Waals surface area contributed by atoms with Crippen molar-refractivity contribution in [2.75, 3.05) is 26.2 Å². The number of benzene rings is 4. The van der Waals surface area contributed by atoms with Gasteiger partial charge in [-0.05, 0) is 162 Å². The molecule has 22 N–H and O–H groups in total. The topological polar surface area (TPSA) is 470 Å². The molecule has 1 unspecified atom stereocenters. The summed E-state index contributed by atoms with van der Waals surface area (Å²) in [6.07, 6.45) is 0.351. The zero-order chi connectivity index (χ0) is 70.4. The third kappa shape index (κ3) is 24.8. The summed E-state index contributed by atoms with van der Waals surface area (Å²) in [5.41, 5.74) is 35.6. The van der Waals surface area contributed by atoms with Gasteiger partial charge in [-0.2, -0.15) is 0 Å². The van der Waals surface area contributed by atoms with Crippen molar-refractivity contribution in [3.8, 4) is 11.5 Å². The first-order valence-electron chi connectivity index (χ1n) is 32.7. The number of carboxylic acid groups (broad SMARTS) is 1. The van der Waals surface area contributed by atoms with E-state index in [1.165, 1.54) is 43.3 Å². The molecule has 4 rings (SSSR count). The molecule has 26 nitrogen and oxygen atoms in total. The molecule has 0 spiro atoms. The van der Waals surface area contributed by atoms with Crippen LogP contribution in [0.25, 0.3) is 0 Å². The molecule has 6 amide bonds. The predicted octanol–water partition coefficient (Wildman–Crippen LogP) is 1.91. The monoisotopic (exact) mass is 1320 g/mol. The van der Waals surface area contributed by atoms with E-state index in [1.807, 2.05) is 0 Å². The summed E-state index contributed by atoms with van der Waals surface area (Å²) in [4.78, 5) is 137. The van der Waals surface area contributed by atoms with Gasteiger partial charge in [0.05, 0.1) is 30.2 Å². The second-order valence-electron chi connectivity index (χ2n) is 24.9. The molecule has 0 aromatic heterocycles. The van der Waals surface area contributed by atoms with Crippen LogP contribution in [0.2, 0.25) is 0 Å². The fourth-order valence-corrected chi connectivity index (χ4v) is 11.2. The number of hydrogen-bond donors (Lipinski definition) is 16. The number of hydrogen-bond acceptors (Lipinski definition) is 17. The number of nitrogens with two attached hydrogens (primary N) is 6. The molecule has 4 aromatic rings. The Bertz CT molecular complexity index is 3120. The number of aliphatic carboxylic acids is 1. The number of guanidine groups is 1. The van der Waals surface area contributed by atoms with Gasteiger partial charge in [0.15, 0.2) is 17.5 Å². The molecule has 0 saturated carbocycles. The van der Waals surface area contributed by atoms with E-state index in [4.69, 9.17) is 39.8 Å². The van der Waals surface area contributed by atoms with Crippen molar-refractivity contribution in [1.29, 1.82) is 5.41 Å². The van der Waals surface area contributed by atoms with E-state index >= 15 is 19.2 Å². The van der Waals surface area contributed by atoms with Crippen molar-refractivity contribution >= 4 is 58.9 Å². The highest BCUT2D eigenvalue weighted by molar-refractivity contribution is 6.17. The number of carbonyl (C=O) groups excluding carboxylic acids is 8. The Labute approximate surface area is 557 Å². The minimum absolute atomic E-state index is 0.0107. The van der Waals surface area contributed by atoms with Gasteiger partial charge in [0.1, 0.15) is 41.1 Å². The first-order valence-corrected chi connectivity index (χ1v) is 32.7. The highest BCUT2D eigenvalue weighted by atomic mass is 16.4. The van der Waals surface area contributed by atoms with Gasteiger partial charge in [-0.15, -0.1) is 0 Å². The SMILES string of the molecule is CC[C@H](C)[C@H](NC(=O)[C@@H](N)Cc1ccc(O)cc1)C(=O)N(CCC(C(=O)[C@H](CCCCN)NC(=O)[C@H](CCCCN)NC(=O)[C@H](C)N)(C(=O)[C@H](Cc1ccccc1)NC(=O)[C@@H](CCCNC(=N)N)NC(=O)[C@@H](N)Cc1ccc(O)cc1)c1ccccc1)[C@@H](CC(C)C)C(=O)O. The second-order valence-corrected chi connectivity index (χ2v) is 24.9. The molecule has 11 atom stereocenters. The number of phenolic OH excluding ortho intramolecular Hbond substituents is 2. The average Bonchev–Trinajstić information content (AvgIpc) is 0.752. The minimum Gasteiger partial charge on any atom is -0.508 e. The van der Waals surface area contributed by atoms with Gasteiger partial charge < -0.3 is 86.5 Å². The van der Waals surface area contributed by atoms with E-state index in [1.54, 1.807) is 100 Å². The number of unbranched alkanes of at least 4 members (excludes halogenated alkanes) is 2. The summed E-state index contributed by atoms with van der Waals surface area (Å²) in [5, 5.41) is 55.6. The van der Waals surface area contributed by atoms with Crippen molar-refractivity contribution < 1.29 is 58.5 Å². The predicted molar refractivity (Wildman–Crippen MR) is 363 cm³/mol. The fourth-order valence-electron chi connectivity index (χ4n) is 11.2. The van der Waals surface area contributed by atoms with E-state index < -0.39 is 132 Å². The lowest BCUT2D eigenvalue weighted by molar-refractivity contribution is -0.153. The first-order chi connectivity index (χ1) is 45.2. The van der Waals surface area contributed by atoms with Crippen LogP contribution in [-0.4, -0.2) is 160 Å². The molecule has 26 heteroatoms. The number of rotatable bonds is 43. The lowest BCUT2D eigenvalue weighted by Gasteiger charge is -2.41. The van der Waals surface area contributed by atoms with E-state index in [2.05, 4.69) is 31.9 Å². The Balaban J connectivity index is 2.09. The Morgan fingerprint density at radius 3 is 1.46 bits per heavy atom. The molecule has 4 aromatic carbocycles. The number of nitrogens with one attached hydrogen (secondary N) is 7. The van der Waals surface area contributed by atoms with E-state index in [0.717, 1.165) is 4.90 Å². The molecule has 0 aliphatic heterocycles. The fraction of sp³-hybridized carbons (Fsp3) is 0.507. The summed E-state index contributed by atoms with van der Waals surface area (Å²) >= 11 is 0. The van der Waals surface area contributed by atoms with Crippen molar-refractivity contribution in [2.24, 2.45) is 46.2 Å². The second kappa shape index (κ2) is 39.8. The summed E-state index contributed by atoms with van der Waals surface area (Å²) in [5.74, 6) is -9.61. The van der Waals surface area contributed by atoms with Crippen LogP contribution in [0.4, 0.5) is 0 Å². The largest absolute Gasteiger partial charge is 0.508 e. The van der Waals surface area contributed by atoms with Crippen LogP contribution in [0.15, 0.2) is 109 Å². The molecular formula is C69H102N14O12. The zero-order valence-electron chi connectivity index (χ0n) is 55.4. The summed E-state index contributed by atoms with van der Waals surface area (Å²) in [6, 6.07) is 15.7. The van der Waals surface area contributed by atoms with Crippen LogP contribution in [-0.2, 0) is 67.8 Å². The number of phenols is 2. The number of nitrogens with zero attached hydrogens (tertiary/aromatic N) is 1. The van der Waals surface area contributed by atoms with Crippen LogP contribution in [0.5, 0.6) is 11.5 Å². The van der Waals surface area contributed by atoms with Gasteiger partial charge in [0.2, 0.25) is 35.4 Å². The van der Waals surface area contributed by atoms with Crippen LogP contribution < -0.4 is 66.3 Å². The third-order valence-corrected chi connectivity index (χ3v) is 16.8. The lowest BCUT2D eigenvalue weighted by atomic mass is 9.65. The van der Waals surface area contributed by atoms with Gasteiger partial charge in [0, 0.05) is 13.1 Å². The maximum atomic E-state index is 17.1. The Hall–Kier alpha value is -8.82. The smallest absolute Gasteiger partial charge is 0.326 e. The number of carbonyl (C=O) groups is 9. The number of carboxylic acids is 1. The minimum atomic E-state index is -2.57. The van der Waals surface area contributed by atoms with Crippen molar-refractivity contribution in [3.63, 3.8) is 0 Å². The van der Waals surface area contributed by atoms with E-state index in [0.29, 0.717) is 36.0 Å². The molecule has 0 radical (unpaired) electrons. The first kappa shape index (κ1) is 78.6. The Morgan fingerprint density at radius 1 is 0.547 bits per heavy atom. The van der Waals surface area contributed by atoms with Crippen LogP contribution >= 0.6 is 0 Å². The van der Waals surface area contributed by atoms with Crippen LogP contribution in [0, 0.1) is 17.2 Å². The number of Topliss-reactive ketones (excluding diaryl/α,β-unsaturated/α-hetero) is 2. The van der Waals surface area contributed by atoms with Gasteiger partial charge in [-0.25, -0.2) is 4.79 Å². The van der Waals surface area contributed by atoms with Crippen molar-refractivity contribution in [3.05, 3.63) is 131 Å². The highest BCUT2D eigenvalue weighted by Crippen LogP contribution is 2.37. The molecule has 0 fully saturated rings. The van der Waals surface area contributed by atoms with E-state index in [9.17, 15) is 39.3 Å². The zero-order valence-corrected chi connectivity index (χ0v) is 55.4. The van der Waals surface area contributed by atoms with Crippen LogP contribution in [0.3, 0.4) is 0 Å². The summed E-state index contributed by atoms with van der Waals surface area (Å²) < 4.78 is 0. The normalized spacial score (nSPS) is 15.1. The maximum absolute atomic E-state index is 17.1. The molecule has 0 aliphatic rings. The standard InChI is InChI=1S/C69H102N14O12/c1-6-43(4)58(82-63(90)52(74)40-47-27-31-50(85)32-28-47)66(93)83(57(67(94)95)38-42(2)3)37-33-69(48-20-11-8-12-21-48,59(86)53(22-13-15-34-70)78-64(91)54(23-14-16-35-71)79-61(88)44(5)72)60(87)56(41-45-18-9-7-10-19-45)81-65(92)55(24-17-36-77-68(75)76)80-62(89)51(73)39-46-25-29-49(84)30-26-46/h7-12,18-21,25-32,42-44,51-58,84-85H,6,13-17,22-24,33-41,70-74H2,1-5H3,(H,78,91)(H,79,88)(H,80,89)(H,81,92)(H,82,90)(H,94,95)(H4,75,76,77)/t43-,44-,51-,52-,53-,54-,55+,56-,57-,58-,69?/m0/s1. The van der Waals surface area contributed by atoms with E-state index in [-0.39, 0.29) is 113 Å². The summed E-state index contributed by atoms with van der Waals surface area (Å²) in [7, 11) is 0. The molecular weight excluding hydrogens is 1220 g/mol. The van der Waals surface area contributed by atoms with Crippen LogP contribution in [0.1, 0.15) is 128 Å². The highest BCUT2D eigenvalue weighted by Gasteiger charge is 2.53. The molecule has 0 bridgehead atoms. The van der Waals surface area contributed by atoms with Gasteiger partial charge in [-0.1, -0.05) is 119 Å². The van der Waals surface area contributed by atoms with Crippen molar-refractivity contribution in [2.45, 2.75) is 184 Å². The molecule has 0 aliphatic carbocycles. The maximum Gasteiger partial charge on any atom is 0.326 e.